The summed E-state index contributed by atoms with van der Waals surface area (Å²) in [5, 5.41) is 20.9. The molecular formula is C18H21F6N3O5. The molecule has 2 rings (SSSR count). The summed E-state index contributed by atoms with van der Waals surface area (Å²) in [6.45, 7) is 5.13. The van der Waals surface area contributed by atoms with Gasteiger partial charge in [-0.25, -0.2) is 4.79 Å². The van der Waals surface area contributed by atoms with Gasteiger partial charge in [-0.1, -0.05) is 6.07 Å². The molecule has 1 amide bonds. The highest BCUT2D eigenvalue weighted by Crippen LogP contribution is 2.51. The number of nitro groups is 1. The molecule has 1 aliphatic rings. The Kier molecular flexibility index (Phi) is 6.61. The first-order valence-electron chi connectivity index (χ1n) is 9.26. The minimum absolute atomic E-state index is 0.0161. The number of halogens is 6. The van der Waals surface area contributed by atoms with Crippen LogP contribution < -0.4 is 4.90 Å². The van der Waals surface area contributed by atoms with Crippen molar-refractivity contribution < 1.29 is 45.9 Å². The van der Waals surface area contributed by atoms with E-state index in [4.69, 9.17) is 4.74 Å². The molecule has 0 unspecified atom stereocenters. The number of nitrogens with zero attached hydrogens (tertiary/aromatic N) is 3. The Morgan fingerprint density at radius 2 is 1.53 bits per heavy atom. The maximum absolute atomic E-state index is 13.1. The molecule has 180 valence electrons. The normalized spacial score (nSPS) is 16.2. The molecule has 14 heteroatoms. The number of rotatable bonds is 3. The molecule has 1 aromatic rings. The first-order valence-corrected chi connectivity index (χ1v) is 9.26. The molecule has 1 fully saturated rings. The van der Waals surface area contributed by atoms with E-state index in [0.717, 1.165) is 6.07 Å². The van der Waals surface area contributed by atoms with E-state index in [0.29, 0.717) is 6.07 Å². The van der Waals surface area contributed by atoms with Gasteiger partial charge in [-0.3, -0.25) is 10.1 Å². The van der Waals surface area contributed by atoms with Crippen molar-refractivity contribution in [2.75, 3.05) is 31.1 Å². The Morgan fingerprint density at radius 3 is 1.94 bits per heavy atom. The molecule has 32 heavy (non-hydrogen) atoms. The van der Waals surface area contributed by atoms with E-state index in [9.17, 15) is 46.4 Å². The van der Waals surface area contributed by atoms with Gasteiger partial charge >= 0.3 is 18.4 Å². The number of anilines is 1. The zero-order valence-electron chi connectivity index (χ0n) is 17.3. The van der Waals surface area contributed by atoms with Crippen molar-refractivity contribution in [2.45, 2.75) is 44.3 Å². The first-order chi connectivity index (χ1) is 14.4. The summed E-state index contributed by atoms with van der Waals surface area (Å²) in [6, 6.07) is 1.14. The molecule has 0 spiro atoms. The third kappa shape index (κ3) is 5.00. The number of benzene rings is 1. The van der Waals surface area contributed by atoms with Crippen molar-refractivity contribution in [2.24, 2.45) is 0 Å². The summed E-state index contributed by atoms with van der Waals surface area (Å²) in [7, 11) is 0. The molecule has 0 radical (unpaired) electrons. The van der Waals surface area contributed by atoms with Crippen LogP contribution in [0.2, 0.25) is 0 Å². The van der Waals surface area contributed by atoms with E-state index in [-0.39, 0.29) is 37.9 Å². The number of carbonyl (C=O) groups excluding carboxylic acids is 1. The van der Waals surface area contributed by atoms with Gasteiger partial charge in [-0.2, -0.15) is 26.3 Å². The van der Waals surface area contributed by atoms with Crippen LogP contribution in [-0.2, 0) is 10.3 Å². The summed E-state index contributed by atoms with van der Waals surface area (Å²) in [5.74, 6) is 0. The molecule has 0 bridgehead atoms. The molecule has 8 nitrogen and oxygen atoms in total. The second kappa shape index (κ2) is 8.30. The summed E-state index contributed by atoms with van der Waals surface area (Å²) in [4.78, 5) is 25.1. The SMILES string of the molecule is CC(C)(C)OC(=O)N1CCN(c2ccc(C(O)(C(F)(F)F)C(F)(F)F)cc2[N+](=O)[O-])CC1. The van der Waals surface area contributed by atoms with Gasteiger partial charge in [0, 0.05) is 37.8 Å². The maximum Gasteiger partial charge on any atom is 0.430 e. The molecule has 1 N–H and O–H groups in total. The minimum Gasteiger partial charge on any atom is -0.444 e. The smallest absolute Gasteiger partial charge is 0.430 e. The van der Waals surface area contributed by atoms with Crippen LogP contribution in [0.5, 0.6) is 0 Å². The van der Waals surface area contributed by atoms with Crippen molar-refractivity contribution in [3.63, 3.8) is 0 Å². The quantitative estimate of drug-likeness (QED) is 0.406. The molecule has 0 aromatic heterocycles. The summed E-state index contributed by atoms with van der Waals surface area (Å²) in [6.07, 6.45) is -13.0. The van der Waals surface area contributed by atoms with Gasteiger partial charge in [0.25, 0.3) is 11.3 Å². The molecule has 1 aliphatic heterocycles. The Balaban J connectivity index is 2.34. The Bertz CT molecular complexity index is 859. The highest BCUT2D eigenvalue weighted by atomic mass is 19.4. The van der Waals surface area contributed by atoms with Crippen molar-refractivity contribution >= 4 is 17.5 Å². The van der Waals surface area contributed by atoms with Crippen LogP contribution in [0.25, 0.3) is 0 Å². The Hall–Kier alpha value is -2.77. The number of alkyl halides is 6. The highest BCUT2D eigenvalue weighted by molar-refractivity contribution is 5.70. The summed E-state index contributed by atoms with van der Waals surface area (Å²) >= 11 is 0. The molecule has 0 saturated carbocycles. The maximum atomic E-state index is 13.1. The van der Waals surface area contributed by atoms with E-state index in [1.54, 1.807) is 20.8 Å². The number of amides is 1. The van der Waals surface area contributed by atoms with Crippen LogP contribution in [0.1, 0.15) is 26.3 Å². The number of hydrogen-bond donors (Lipinski definition) is 1. The largest absolute Gasteiger partial charge is 0.444 e. The number of carbonyl (C=O) groups is 1. The molecule has 0 aliphatic carbocycles. The van der Waals surface area contributed by atoms with Gasteiger partial charge in [0.2, 0.25) is 0 Å². The summed E-state index contributed by atoms with van der Waals surface area (Å²) < 4.78 is 83.9. The summed E-state index contributed by atoms with van der Waals surface area (Å²) in [5.41, 5.74) is -9.04. The Morgan fingerprint density at radius 1 is 1.03 bits per heavy atom. The van der Waals surface area contributed by atoms with Crippen molar-refractivity contribution in [1.29, 1.82) is 0 Å². The fourth-order valence-electron chi connectivity index (χ4n) is 3.11. The molecule has 1 saturated heterocycles. The van der Waals surface area contributed by atoms with Crippen molar-refractivity contribution in [1.82, 2.24) is 4.90 Å². The predicted molar refractivity (Wildman–Crippen MR) is 99.1 cm³/mol. The molecular weight excluding hydrogens is 452 g/mol. The first kappa shape index (κ1) is 25.5. The molecule has 1 heterocycles. The lowest BCUT2D eigenvalue weighted by atomic mass is 9.91. The number of ether oxygens (including phenoxy) is 1. The average molecular weight is 473 g/mol. The van der Waals surface area contributed by atoms with Gasteiger partial charge in [0.1, 0.15) is 11.3 Å². The second-order valence-electron chi connectivity index (χ2n) is 8.12. The lowest BCUT2D eigenvalue weighted by Crippen LogP contribution is -2.54. The minimum atomic E-state index is -6.17. The van der Waals surface area contributed by atoms with Crippen LogP contribution in [0, 0.1) is 10.1 Å². The number of hydrogen-bond acceptors (Lipinski definition) is 6. The predicted octanol–water partition coefficient (Wildman–Crippen LogP) is 3.96. The molecule has 1 aromatic carbocycles. The van der Waals surface area contributed by atoms with Crippen LogP contribution in [0.4, 0.5) is 42.5 Å². The van der Waals surface area contributed by atoms with Crippen LogP contribution in [0.15, 0.2) is 18.2 Å². The fourth-order valence-corrected chi connectivity index (χ4v) is 3.11. The van der Waals surface area contributed by atoms with Crippen molar-refractivity contribution in [3.05, 3.63) is 33.9 Å². The third-order valence-corrected chi connectivity index (χ3v) is 4.68. The number of nitro benzene ring substituents is 1. The van der Waals surface area contributed by atoms with Gasteiger partial charge in [0.15, 0.2) is 0 Å². The van der Waals surface area contributed by atoms with Gasteiger partial charge in [0.05, 0.1) is 4.92 Å². The van der Waals surface area contributed by atoms with E-state index in [1.807, 2.05) is 0 Å². The second-order valence-corrected chi connectivity index (χ2v) is 8.12. The van der Waals surface area contributed by atoms with Crippen molar-refractivity contribution in [3.8, 4) is 0 Å². The zero-order valence-corrected chi connectivity index (χ0v) is 17.3. The standard InChI is InChI=1S/C18H21F6N3O5/c1-15(2,3)32-14(28)26-8-6-25(7-9-26)12-5-4-11(10-13(12)27(30)31)16(29,17(19,20)21)18(22,23)24/h4-5,10,29H,6-9H2,1-3H3. The third-order valence-electron chi connectivity index (χ3n) is 4.68. The highest BCUT2D eigenvalue weighted by Gasteiger charge is 2.71. The van der Waals surface area contributed by atoms with E-state index >= 15 is 0 Å². The van der Waals surface area contributed by atoms with Crippen LogP contribution in [0.3, 0.4) is 0 Å². The van der Waals surface area contributed by atoms with E-state index < -0.39 is 45.8 Å². The molecule has 0 atom stereocenters. The van der Waals surface area contributed by atoms with Gasteiger partial charge in [-0.05, 0) is 26.8 Å². The van der Waals surface area contributed by atoms with Crippen LogP contribution in [-0.4, -0.2) is 65.2 Å². The van der Waals surface area contributed by atoms with Gasteiger partial charge < -0.3 is 19.6 Å². The monoisotopic (exact) mass is 473 g/mol. The Labute approximate surface area is 178 Å². The van der Waals surface area contributed by atoms with Gasteiger partial charge in [-0.15, -0.1) is 0 Å². The average Bonchev–Trinajstić information content (AvgIpc) is 2.63. The number of piperazine rings is 1. The van der Waals surface area contributed by atoms with E-state index in [2.05, 4.69) is 0 Å². The topological polar surface area (TPSA) is 96.2 Å². The number of aliphatic hydroxyl groups is 1. The lowest BCUT2D eigenvalue weighted by Gasteiger charge is -2.37. The van der Waals surface area contributed by atoms with E-state index in [1.165, 1.54) is 9.80 Å². The lowest BCUT2D eigenvalue weighted by molar-refractivity contribution is -0.386. The zero-order chi connectivity index (χ0) is 24.7. The fraction of sp³-hybridized carbons (Fsp3) is 0.611. The van der Waals surface area contributed by atoms with Crippen LogP contribution >= 0.6 is 0 Å².